The molecule has 0 unspecified atom stereocenters. The van der Waals surface area contributed by atoms with E-state index < -0.39 is 0 Å². The zero-order valence-corrected chi connectivity index (χ0v) is 18.5. The van der Waals surface area contributed by atoms with Gasteiger partial charge in [-0.3, -0.25) is 9.69 Å². The highest BCUT2D eigenvalue weighted by Gasteiger charge is 2.33. The number of carbonyl (C=O) groups is 1. The van der Waals surface area contributed by atoms with E-state index in [0.29, 0.717) is 36.6 Å². The second kappa shape index (κ2) is 11.0. The van der Waals surface area contributed by atoms with Crippen LogP contribution in [0.2, 0.25) is 5.02 Å². The van der Waals surface area contributed by atoms with Crippen LogP contribution in [-0.2, 0) is 16.0 Å². The Balaban J connectivity index is 1.62. The van der Waals surface area contributed by atoms with Crippen LogP contribution in [0.3, 0.4) is 0 Å². The number of nitrogens with two attached hydrogens (primary N) is 1. The number of likely N-dealkylation sites (tertiary alicyclic amines) is 1. The SMILES string of the molecule is CCOC(=O)[C@@H](C[C@H](N)Cc1ccc(-c2cc(Cl)ccc2F)cc1)CN1CC[C@@H]1CO. The maximum absolute atomic E-state index is 14.1. The number of ether oxygens (including phenoxy) is 1. The first kappa shape index (κ1) is 23.7. The van der Waals surface area contributed by atoms with Gasteiger partial charge in [-0.05, 0) is 55.5 Å². The van der Waals surface area contributed by atoms with Gasteiger partial charge in [-0.25, -0.2) is 4.39 Å². The molecule has 3 N–H and O–H groups in total. The highest BCUT2D eigenvalue weighted by Crippen LogP contribution is 2.27. The molecule has 5 nitrogen and oxygen atoms in total. The molecule has 1 aliphatic rings. The third kappa shape index (κ3) is 6.26. The Kier molecular flexibility index (Phi) is 8.43. The molecule has 3 rings (SSSR count). The fraction of sp³-hybridized carbons (Fsp3) is 0.458. The molecule has 3 atom stereocenters. The van der Waals surface area contributed by atoms with Crippen molar-refractivity contribution in [3.05, 3.63) is 58.9 Å². The Bertz CT molecular complexity index is 876. The molecule has 0 bridgehead atoms. The van der Waals surface area contributed by atoms with Gasteiger partial charge in [0, 0.05) is 35.8 Å². The molecule has 2 aromatic carbocycles. The van der Waals surface area contributed by atoms with Crippen LogP contribution in [0.25, 0.3) is 11.1 Å². The van der Waals surface area contributed by atoms with Gasteiger partial charge in [0.15, 0.2) is 0 Å². The molecule has 0 aliphatic carbocycles. The molecule has 2 aromatic rings. The van der Waals surface area contributed by atoms with E-state index in [4.69, 9.17) is 22.1 Å². The summed E-state index contributed by atoms with van der Waals surface area (Å²) in [5.74, 6) is -0.893. The number of benzene rings is 2. The van der Waals surface area contributed by atoms with E-state index in [-0.39, 0.29) is 36.4 Å². The van der Waals surface area contributed by atoms with Crippen molar-refractivity contribution in [2.24, 2.45) is 11.7 Å². The predicted octanol–water partition coefficient (Wildman–Crippen LogP) is 3.65. The van der Waals surface area contributed by atoms with E-state index in [2.05, 4.69) is 4.90 Å². The zero-order chi connectivity index (χ0) is 22.4. The van der Waals surface area contributed by atoms with Crippen LogP contribution < -0.4 is 5.73 Å². The van der Waals surface area contributed by atoms with E-state index >= 15 is 0 Å². The molecule has 0 spiro atoms. The van der Waals surface area contributed by atoms with Gasteiger partial charge in [-0.1, -0.05) is 35.9 Å². The molecule has 31 heavy (non-hydrogen) atoms. The lowest BCUT2D eigenvalue weighted by Gasteiger charge is -2.41. The quantitative estimate of drug-likeness (QED) is 0.542. The first-order valence-electron chi connectivity index (χ1n) is 10.7. The summed E-state index contributed by atoms with van der Waals surface area (Å²) in [6.45, 7) is 3.64. The highest BCUT2D eigenvalue weighted by molar-refractivity contribution is 6.30. The van der Waals surface area contributed by atoms with E-state index in [9.17, 15) is 14.3 Å². The Morgan fingerprint density at radius 2 is 2.06 bits per heavy atom. The number of hydrogen-bond donors (Lipinski definition) is 2. The Hall–Kier alpha value is -1.99. The number of halogens is 2. The minimum Gasteiger partial charge on any atom is -0.466 e. The minimum atomic E-state index is -0.330. The summed E-state index contributed by atoms with van der Waals surface area (Å²) >= 11 is 5.99. The van der Waals surface area contributed by atoms with Gasteiger partial charge in [-0.2, -0.15) is 0 Å². The molecule has 1 heterocycles. The van der Waals surface area contributed by atoms with Gasteiger partial charge in [0.25, 0.3) is 0 Å². The average Bonchev–Trinajstić information content (AvgIpc) is 2.73. The largest absolute Gasteiger partial charge is 0.466 e. The van der Waals surface area contributed by atoms with Crippen molar-refractivity contribution in [2.75, 3.05) is 26.3 Å². The summed E-state index contributed by atoms with van der Waals surface area (Å²) < 4.78 is 19.3. The number of nitrogens with zero attached hydrogens (tertiary/aromatic N) is 1. The van der Waals surface area contributed by atoms with Crippen LogP contribution >= 0.6 is 11.6 Å². The van der Waals surface area contributed by atoms with Gasteiger partial charge < -0.3 is 15.6 Å². The monoisotopic (exact) mass is 448 g/mol. The fourth-order valence-corrected chi connectivity index (χ4v) is 4.19. The molecule has 0 aromatic heterocycles. The number of carbonyl (C=O) groups excluding carboxylic acids is 1. The van der Waals surface area contributed by atoms with Gasteiger partial charge >= 0.3 is 5.97 Å². The predicted molar refractivity (Wildman–Crippen MR) is 120 cm³/mol. The topological polar surface area (TPSA) is 75.8 Å². The van der Waals surface area contributed by atoms with E-state index in [1.54, 1.807) is 13.0 Å². The lowest BCUT2D eigenvalue weighted by Crippen LogP contribution is -2.53. The second-order valence-corrected chi connectivity index (χ2v) is 8.53. The Morgan fingerprint density at radius 3 is 2.68 bits per heavy atom. The van der Waals surface area contributed by atoms with Crippen molar-refractivity contribution >= 4 is 17.6 Å². The molecule has 0 saturated carbocycles. The van der Waals surface area contributed by atoms with E-state index in [1.165, 1.54) is 12.1 Å². The molecule has 7 heteroatoms. The zero-order valence-electron chi connectivity index (χ0n) is 17.8. The first-order valence-corrected chi connectivity index (χ1v) is 11.1. The lowest BCUT2D eigenvalue weighted by molar-refractivity contribution is -0.150. The normalized spacial score (nSPS) is 18.3. The second-order valence-electron chi connectivity index (χ2n) is 8.09. The molecule has 0 radical (unpaired) electrons. The summed E-state index contributed by atoms with van der Waals surface area (Å²) in [6.07, 6.45) is 2.04. The Morgan fingerprint density at radius 1 is 1.32 bits per heavy atom. The van der Waals surface area contributed by atoms with Crippen molar-refractivity contribution in [3.63, 3.8) is 0 Å². The summed E-state index contributed by atoms with van der Waals surface area (Å²) in [5, 5.41) is 9.90. The molecule has 168 valence electrons. The van der Waals surface area contributed by atoms with Gasteiger partial charge in [0.05, 0.1) is 19.1 Å². The molecular weight excluding hydrogens is 419 g/mol. The van der Waals surface area contributed by atoms with E-state index in [1.807, 2.05) is 24.3 Å². The number of aliphatic hydroxyl groups excluding tert-OH is 1. The number of aliphatic hydroxyl groups is 1. The van der Waals surface area contributed by atoms with Crippen molar-refractivity contribution in [1.82, 2.24) is 4.90 Å². The van der Waals surface area contributed by atoms with Crippen molar-refractivity contribution in [3.8, 4) is 11.1 Å². The van der Waals surface area contributed by atoms with Crippen LogP contribution in [0.1, 0.15) is 25.3 Å². The third-order valence-corrected chi connectivity index (χ3v) is 6.07. The Labute approximate surface area is 187 Å². The van der Waals surface area contributed by atoms with Crippen LogP contribution in [0.15, 0.2) is 42.5 Å². The van der Waals surface area contributed by atoms with Crippen LogP contribution in [0.5, 0.6) is 0 Å². The number of rotatable bonds is 10. The summed E-state index contributed by atoms with van der Waals surface area (Å²) in [7, 11) is 0. The van der Waals surface area contributed by atoms with Crippen LogP contribution in [0, 0.1) is 11.7 Å². The molecule has 0 amide bonds. The average molecular weight is 449 g/mol. The lowest BCUT2D eigenvalue weighted by atomic mass is 9.92. The van der Waals surface area contributed by atoms with Crippen molar-refractivity contribution in [1.29, 1.82) is 0 Å². The van der Waals surface area contributed by atoms with Crippen LogP contribution in [-0.4, -0.2) is 54.4 Å². The van der Waals surface area contributed by atoms with Gasteiger partial charge in [0.2, 0.25) is 0 Å². The fourth-order valence-electron chi connectivity index (χ4n) is 4.02. The smallest absolute Gasteiger partial charge is 0.310 e. The molecule has 1 fully saturated rings. The van der Waals surface area contributed by atoms with E-state index in [0.717, 1.165) is 24.1 Å². The maximum Gasteiger partial charge on any atom is 0.310 e. The first-order chi connectivity index (χ1) is 14.9. The number of esters is 1. The maximum atomic E-state index is 14.1. The van der Waals surface area contributed by atoms with Gasteiger partial charge in [-0.15, -0.1) is 0 Å². The molecular formula is C24H30ClFN2O3. The van der Waals surface area contributed by atoms with Gasteiger partial charge in [0.1, 0.15) is 5.82 Å². The van der Waals surface area contributed by atoms with Crippen molar-refractivity contribution in [2.45, 2.75) is 38.3 Å². The molecule has 1 aliphatic heterocycles. The number of hydrogen-bond acceptors (Lipinski definition) is 5. The minimum absolute atomic E-state index is 0.0984. The highest BCUT2D eigenvalue weighted by atomic mass is 35.5. The standard InChI is InChI=1S/C24H30ClFN2O3/c1-2-31-24(30)18(14-28-10-9-21(28)15-29)12-20(27)11-16-3-5-17(6-4-16)22-13-19(25)7-8-23(22)26/h3-8,13,18,20-21,29H,2,9-12,14-15,27H2,1H3/t18-,20+,21+/m0/s1. The van der Waals surface area contributed by atoms with Crippen LogP contribution in [0.4, 0.5) is 4.39 Å². The van der Waals surface area contributed by atoms with Crippen molar-refractivity contribution < 1.29 is 19.0 Å². The summed E-state index contributed by atoms with van der Waals surface area (Å²) in [5.41, 5.74) is 8.60. The summed E-state index contributed by atoms with van der Waals surface area (Å²) in [4.78, 5) is 14.6. The third-order valence-electron chi connectivity index (χ3n) is 5.83. The molecule has 1 saturated heterocycles. The summed E-state index contributed by atoms with van der Waals surface area (Å²) in [6, 6.07) is 11.9.